The highest BCUT2D eigenvalue weighted by Gasteiger charge is 2.24. The predicted molar refractivity (Wildman–Crippen MR) is 135 cm³/mol. The van der Waals surface area contributed by atoms with Crippen LogP contribution in [-0.2, 0) is 16.1 Å². The summed E-state index contributed by atoms with van der Waals surface area (Å²) in [5.41, 5.74) is 1.47. The maximum absolute atomic E-state index is 12.8. The molecule has 2 atom stereocenters. The first-order valence-corrected chi connectivity index (χ1v) is 12.7. The molecule has 2 N–H and O–H groups in total. The van der Waals surface area contributed by atoms with Crippen LogP contribution in [-0.4, -0.2) is 50.5 Å². The summed E-state index contributed by atoms with van der Waals surface area (Å²) in [5, 5.41) is 11.1. The number of methoxy groups -OCH3 is 1. The van der Waals surface area contributed by atoms with Gasteiger partial charge in [-0.25, -0.2) is 9.67 Å². The molecule has 0 radical (unpaired) electrons. The van der Waals surface area contributed by atoms with Gasteiger partial charge in [0.2, 0.25) is 11.8 Å². The molecule has 2 amide bonds. The second-order valence-electron chi connectivity index (χ2n) is 8.61. The lowest BCUT2D eigenvalue weighted by Gasteiger charge is -2.29. The summed E-state index contributed by atoms with van der Waals surface area (Å²) in [4.78, 5) is 34.0. The molecule has 1 saturated carbocycles. The Labute approximate surface area is 209 Å². The number of carbonyl (C=O) groups excluding carboxylic acids is 2. The van der Waals surface area contributed by atoms with Gasteiger partial charge in [0.25, 0.3) is 0 Å². The summed E-state index contributed by atoms with van der Waals surface area (Å²) in [7, 11) is 1.59. The first-order chi connectivity index (χ1) is 17.0. The van der Waals surface area contributed by atoms with E-state index in [1.807, 2.05) is 12.1 Å². The van der Waals surface area contributed by atoms with E-state index in [-0.39, 0.29) is 30.2 Å². The smallest absolute Gasteiger partial charge is 0.242 e. The van der Waals surface area contributed by atoms with Crippen molar-refractivity contribution in [2.24, 2.45) is 5.92 Å². The Morgan fingerprint density at radius 3 is 2.54 bits per heavy atom. The first-order valence-electron chi connectivity index (χ1n) is 11.7. The number of hydrogen-bond donors (Lipinski definition) is 2. The van der Waals surface area contributed by atoms with Crippen molar-refractivity contribution in [2.45, 2.75) is 50.4 Å². The zero-order chi connectivity index (χ0) is 24.6. The highest BCUT2D eigenvalue weighted by Crippen LogP contribution is 2.25. The van der Waals surface area contributed by atoms with Gasteiger partial charge in [-0.3, -0.25) is 14.6 Å². The fourth-order valence-electron chi connectivity index (χ4n) is 4.08. The Bertz CT molecular complexity index is 1140. The van der Waals surface area contributed by atoms with Crippen LogP contribution in [0.25, 0.3) is 11.4 Å². The van der Waals surface area contributed by atoms with E-state index in [0.717, 1.165) is 30.6 Å². The molecule has 2 aromatic heterocycles. The number of thioether (sulfide) groups is 1. The number of amides is 2. The number of pyridine rings is 1. The van der Waals surface area contributed by atoms with Gasteiger partial charge in [0.15, 0.2) is 11.0 Å². The maximum Gasteiger partial charge on any atom is 0.242 e. The Morgan fingerprint density at radius 2 is 1.83 bits per heavy atom. The standard InChI is InChI=1S/C25H30N6O3S/c1-17-5-3-4-6-21(17)28-22(32)15-31-25(29-24(30-31)18-11-13-26-14-12-18)35-16-23(33)27-19-7-9-20(34-2)10-8-19/h7-14,17,21H,3-6,15-16H2,1-2H3,(H,27,33)(H,28,32). The Balaban J connectivity index is 1.43. The molecule has 2 heterocycles. The molecular weight excluding hydrogens is 464 g/mol. The van der Waals surface area contributed by atoms with Crippen LogP contribution in [0.2, 0.25) is 0 Å². The molecule has 35 heavy (non-hydrogen) atoms. The molecule has 1 aliphatic rings. The summed E-state index contributed by atoms with van der Waals surface area (Å²) in [6, 6.07) is 10.9. The van der Waals surface area contributed by atoms with Gasteiger partial charge in [0.1, 0.15) is 12.3 Å². The zero-order valence-corrected chi connectivity index (χ0v) is 20.8. The third-order valence-corrected chi connectivity index (χ3v) is 7.00. The van der Waals surface area contributed by atoms with Crippen molar-refractivity contribution in [3.63, 3.8) is 0 Å². The van der Waals surface area contributed by atoms with Crippen molar-refractivity contribution in [3.8, 4) is 17.1 Å². The maximum atomic E-state index is 12.8. The van der Waals surface area contributed by atoms with E-state index in [2.05, 4.69) is 32.6 Å². The van der Waals surface area contributed by atoms with Crippen molar-refractivity contribution in [3.05, 3.63) is 48.8 Å². The number of nitrogens with zero attached hydrogens (tertiary/aromatic N) is 4. The average Bonchev–Trinajstić information content (AvgIpc) is 3.27. The van der Waals surface area contributed by atoms with Crippen LogP contribution < -0.4 is 15.4 Å². The van der Waals surface area contributed by atoms with E-state index >= 15 is 0 Å². The molecule has 1 fully saturated rings. The number of ether oxygens (including phenoxy) is 1. The molecule has 3 aromatic rings. The van der Waals surface area contributed by atoms with E-state index in [9.17, 15) is 9.59 Å². The first kappa shape index (κ1) is 24.7. The van der Waals surface area contributed by atoms with Gasteiger partial charge in [-0.2, -0.15) is 0 Å². The number of rotatable bonds is 9. The predicted octanol–water partition coefficient (Wildman–Crippen LogP) is 3.77. The zero-order valence-electron chi connectivity index (χ0n) is 19.9. The fourth-order valence-corrected chi connectivity index (χ4v) is 4.82. The highest BCUT2D eigenvalue weighted by molar-refractivity contribution is 7.99. The topological polar surface area (TPSA) is 111 Å². The molecule has 1 aromatic carbocycles. The SMILES string of the molecule is COc1ccc(NC(=O)CSc2nc(-c3ccncc3)nn2CC(=O)NC2CCCCC2C)cc1. The van der Waals surface area contributed by atoms with Gasteiger partial charge in [0, 0.05) is 29.7 Å². The molecular formula is C25H30N6O3S. The largest absolute Gasteiger partial charge is 0.497 e. The Hall–Kier alpha value is -3.40. The van der Waals surface area contributed by atoms with Crippen molar-refractivity contribution in [1.82, 2.24) is 25.1 Å². The number of hydrogen-bond acceptors (Lipinski definition) is 7. The number of anilines is 1. The molecule has 184 valence electrons. The molecule has 0 spiro atoms. The lowest BCUT2D eigenvalue weighted by molar-refractivity contribution is -0.123. The van der Waals surface area contributed by atoms with Crippen molar-refractivity contribution >= 4 is 29.3 Å². The van der Waals surface area contributed by atoms with Gasteiger partial charge in [-0.15, -0.1) is 5.10 Å². The minimum absolute atomic E-state index is 0.0454. The van der Waals surface area contributed by atoms with E-state index in [1.165, 1.54) is 18.2 Å². The normalized spacial score (nSPS) is 17.5. The summed E-state index contributed by atoms with van der Waals surface area (Å²) in [6.45, 7) is 2.23. The molecule has 9 nitrogen and oxygen atoms in total. The van der Waals surface area contributed by atoms with E-state index in [0.29, 0.717) is 22.6 Å². The molecule has 0 aliphatic heterocycles. The molecule has 1 aliphatic carbocycles. The Morgan fingerprint density at radius 1 is 1.09 bits per heavy atom. The second kappa shape index (κ2) is 11.8. The molecule has 4 rings (SSSR count). The summed E-state index contributed by atoms with van der Waals surface area (Å²) in [5.74, 6) is 1.52. The minimum Gasteiger partial charge on any atom is -0.497 e. The lowest BCUT2D eigenvalue weighted by Crippen LogP contribution is -2.42. The third kappa shape index (κ3) is 6.82. The van der Waals surface area contributed by atoms with Gasteiger partial charge in [-0.1, -0.05) is 31.5 Å². The number of nitrogens with one attached hydrogen (secondary N) is 2. The molecule has 0 saturated heterocycles. The van der Waals surface area contributed by atoms with Gasteiger partial charge in [-0.05, 0) is 55.2 Å². The lowest BCUT2D eigenvalue weighted by atomic mass is 9.86. The monoisotopic (exact) mass is 494 g/mol. The number of benzene rings is 1. The van der Waals surface area contributed by atoms with Gasteiger partial charge >= 0.3 is 0 Å². The average molecular weight is 495 g/mol. The number of aromatic nitrogens is 4. The van der Waals surface area contributed by atoms with Gasteiger partial charge in [0.05, 0.1) is 12.9 Å². The fraction of sp³-hybridized carbons (Fsp3) is 0.400. The van der Waals surface area contributed by atoms with Crippen molar-refractivity contribution in [1.29, 1.82) is 0 Å². The van der Waals surface area contributed by atoms with Crippen LogP contribution in [0.1, 0.15) is 32.6 Å². The Kier molecular flexibility index (Phi) is 8.36. The van der Waals surface area contributed by atoms with Crippen molar-refractivity contribution in [2.75, 3.05) is 18.2 Å². The second-order valence-corrected chi connectivity index (χ2v) is 9.56. The molecule has 10 heteroatoms. The van der Waals surface area contributed by atoms with E-state index in [4.69, 9.17) is 4.74 Å². The quantitative estimate of drug-likeness (QED) is 0.436. The van der Waals surface area contributed by atoms with E-state index in [1.54, 1.807) is 48.5 Å². The highest BCUT2D eigenvalue weighted by atomic mass is 32.2. The van der Waals surface area contributed by atoms with Crippen LogP contribution >= 0.6 is 11.8 Å². The van der Waals surface area contributed by atoms with Gasteiger partial charge < -0.3 is 15.4 Å². The molecule has 0 bridgehead atoms. The van der Waals surface area contributed by atoms with Crippen molar-refractivity contribution < 1.29 is 14.3 Å². The van der Waals surface area contributed by atoms with Crippen LogP contribution in [0, 0.1) is 5.92 Å². The minimum atomic E-state index is -0.180. The van der Waals surface area contributed by atoms with E-state index < -0.39 is 0 Å². The summed E-state index contributed by atoms with van der Waals surface area (Å²) < 4.78 is 6.72. The van der Waals surface area contributed by atoms with Crippen LogP contribution in [0.5, 0.6) is 5.75 Å². The van der Waals surface area contributed by atoms with Crippen LogP contribution in [0.3, 0.4) is 0 Å². The number of carbonyl (C=O) groups is 2. The van der Waals surface area contributed by atoms with Crippen LogP contribution in [0.15, 0.2) is 53.9 Å². The molecule has 2 unspecified atom stereocenters. The third-order valence-electron chi connectivity index (χ3n) is 6.03. The summed E-state index contributed by atoms with van der Waals surface area (Å²) >= 11 is 1.24. The van der Waals surface area contributed by atoms with Crippen LogP contribution in [0.4, 0.5) is 5.69 Å². The summed E-state index contributed by atoms with van der Waals surface area (Å²) in [6.07, 6.45) is 7.82.